The summed E-state index contributed by atoms with van der Waals surface area (Å²) in [6, 6.07) is 11.2. The molecule has 0 spiro atoms. The zero-order valence-electron chi connectivity index (χ0n) is 14.4. The molecule has 1 saturated heterocycles. The number of amides is 2. The van der Waals surface area contributed by atoms with E-state index in [9.17, 15) is 9.59 Å². The van der Waals surface area contributed by atoms with Crippen LogP contribution in [0.4, 0.5) is 5.69 Å². The smallest absolute Gasteiger partial charge is 0.289 e. The maximum absolute atomic E-state index is 12.2. The van der Waals surface area contributed by atoms with Gasteiger partial charge in [-0.05, 0) is 31.2 Å². The van der Waals surface area contributed by atoms with Crippen LogP contribution < -0.4 is 5.32 Å². The number of nitrogens with one attached hydrogen (secondary N) is 1. The van der Waals surface area contributed by atoms with Gasteiger partial charge >= 0.3 is 0 Å². The number of benzene rings is 1. The van der Waals surface area contributed by atoms with Crippen molar-refractivity contribution in [3.05, 3.63) is 54.0 Å². The lowest BCUT2D eigenvalue weighted by Crippen LogP contribution is -2.49. The lowest BCUT2D eigenvalue weighted by Gasteiger charge is -2.34. The molecule has 1 aliphatic heterocycles. The molecule has 132 valence electrons. The largest absolute Gasteiger partial charge is 0.459 e. The summed E-state index contributed by atoms with van der Waals surface area (Å²) < 4.78 is 5.16. The van der Waals surface area contributed by atoms with Gasteiger partial charge in [-0.15, -0.1) is 0 Å². The molecule has 2 heterocycles. The molecule has 2 aromatic rings. The average molecular weight is 341 g/mol. The second-order valence-corrected chi connectivity index (χ2v) is 6.28. The first-order valence-corrected chi connectivity index (χ1v) is 8.53. The standard InChI is InChI=1S/C19H23N3O3/c1-15-4-6-16(7-5-15)20-18(23)8-9-21-10-12-22(13-11-21)19(24)17-3-2-14-25-17/h2-7,14H,8-13H2,1H3,(H,20,23). The highest BCUT2D eigenvalue weighted by atomic mass is 16.3. The van der Waals surface area contributed by atoms with E-state index in [1.165, 1.54) is 11.8 Å². The first-order chi connectivity index (χ1) is 12.1. The number of carbonyl (C=O) groups is 2. The third-order valence-electron chi connectivity index (χ3n) is 4.38. The third-order valence-corrected chi connectivity index (χ3v) is 4.38. The number of carbonyl (C=O) groups excluding carboxylic acids is 2. The fourth-order valence-electron chi connectivity index (χ4n) is 2.85. The Bertz CT molecular complexity index is 702. The molecular formula is C19H23N3O3. The van der Waals surface area contributed by atoms with Crippen LogP contribution in [0.15, 0.2) is 47.1 Å². The van der Waals surface area contributed by atoms with Crippen LogP contribution in [0.25, 0.3) is 0 Å². The Labute approximate surface area is 147 Å². The van der Waals surface area contributed by atoms with Crippen LogP contribution in [0.2, 0.25) is 0 Å². The summed E-state index contributed by atoms with van der Waals surface area (Å²) >= 11 is 0. The van der Waals surface area contributed by atoms with E-state index in [0.717, 1.165) is 18.8 Å². The minimum Gasteiger partial charge on any atom is -0.459 e. The van der Waals surface area contributed by atoms with E-state index in [0.29, 0.717) is 31.8 Å². The molecular weight excluding hydrogens is 318 g/mol. The highest BCUT2D eigenvalue weighted by molar-refractivity contribution is 5.91. The summed E-state index contributed by atoms with van der Waals surface area (Å²) in [5, 5.41) is 2.91. The van der Waals surface area contributed by atoms with Gasteiger partial charge in [0.05, 0.1) is 6.26 Å². The maximum atomic E-state index is 12.2. The highest BCUT2D eigenvalue weighted by Gasteiger charge is 2.23. The number of anilines is 1. The highest BCUT2D eigenvalue weighted by Crippen LogP contribution is 2.11. The molecule has 6 nitrogen and oxygen atoms in total. The van der Waals surface area contributed by atoms with Gasteiger partial charge in [-0.25, -0.2) is 0 Å². The third kappa shape index (κ3) is 4.70. The van der Waals surface area contributed by atoms with Crippen molar-refractivity contribution in [1.29, 1.82) is 0 Å². The average Bonchev–Trinajstić information content (AvgIpc) is 3.16. The molecule has 1 aromatic heterocycles. The topological polar surface area (TPSA) is 65.8 Å². The van der Waals surface area contributed by atoms with Crippen molar-refractivity contribution < 1.29 is 14.0 Å². The van der Waals surface area contributed by atoms with Crippen molar-refractivity contribution in [2.24, 2.45) is 0 Å². The van der Waals surface area contributed by atoms with E-state index in [2.05, 4.69) is 10.2 Å². The molecule has 2 amide bonds. The van der Waals surface area contributed by atoms with Gasteiger partial charge in [0.25, 0.3) is 5.91 Å². The predicted octanol–water partition coefficient (Wildman–Crippen LogP) is 2.37. The minimum atomic E-state index is -0.0678. The first-order valence-electron chi connectivity index (χ1n) is 8.53. The molecule has 0 saturated carbocycles. The zero-order chi connectivity index (χ0) is 17.6. The number of hydrogen-bond acceptors (Lipinski definition) is 4. The van der Waals surface area contributed by atoms with Gasteiger partial charge in [-0.2, -0.15) is 0 Å². The van der Waals surface area contributed by atoms with Gasteiger partial charge in [0, 0.05) is 44.8 Å². The minimum absolute atomic E-state index is 0.0120. The van der Waals surface area contributed by atoms with Gasteiger partial charge in [-0.1, -0.05) is 17.7 Å². The number of nitrogens with zero attached hydrogens (tertiary/aromatic N) is 2. The lowest BCUT2D eigenvalue weighted by molar-refractivity contribution is -0.116. The summed E-state index contributed by atoms with van der Waals surface area (Å²) in [4.78, 5) is 28.3. The van der Waals surface area contributed by atoms with E-state index in [-0.39, 0.29) is 11.8 Å². The van der Waals surface area contributed by atoms with E-state index in [1.54, 1.807) is 17.0 Å². The lowest BCUT2D eigenvalue weighted by atomic mass is 10.2. The molecule has 6 heteroatoms. The molecule has 0 radical (unpaired) electrons. The van der Waals surface area contributed by atoms with Crippen molar-refractivity contribution in [3.8, 4) is 0 Å². The number of hydrogen-bond donors (Lipinski definition) is 1. The molecule has 3 rings (SSSR count). The number of piperazine rings is 1. The van der Waals surface area contributed by atoms with Crippen molar-refractivity contribution in [1.82, 2.24) is 9.80 Å². The second-order valence-electron chi connectivity index (χ2n) is 6.28. The van der Waals surface area contributed by atoms with Crippen LogP contribution in [0, 0.1) is 6.92 Å². The number of rotatable bonds is 5. The Kier molecular flexibility index (Phi) is 5.50. The van der Waals surface area contributed by atoms with Crippen molar-refractivity contribution >= 4 is 17.5 Å². The van der Waals surface area contributed by atoms with E-state index in [1.807, 2.05) is 31.2 Å². The van der Waals surface area contributed by atoms with E-state index in [4.69, 9.17) is 4.42 Å². The van der Waals surface area contributed by atoms with Gasteiger partial charge in [0.1, 0.15) is 0 Å². The molecule has 1 N–H and O–H groups in total. The summed E-state index contributed by atoms with van der Waals surface area (Å²) in [7, 11) is 0. The zero-order valence-corrected chi connectivity index (χ0v) is 14.4. The quantitative estimate of drug-likeness (QED) is 0.907. The molecule has 0 atom stereocenters. The SMILES string of the molecule is Cc1ccc(NC(=O)CCN2CCN(C(=O)c3ccco3)CC2)cc1. The van der Waals surface area contributed by atoms with Crippen molar-refractivity contribution in [2.75, 3.05) is 38.0 Å². The Hall–Kier alpha value is -2.60. The van der Waals surface area contributed by atoms with Crippen molar-refractivity contribution in [3.63, 3.8) is 0 Å². The Balaban J connectivity index is 1.39. The summed E-state index contributed by atoms with van der Waals surface area (Å²) in [6.45, 7) is 5.55. The summed E-state index contributed by atoms with van der Waals surface area (Å²) in [5.74, 6) is 0.325. The molecule has 0 aliphatic carbocycles. The first kappa shape index (κ1) is 17.2. The predicted molar refractivity (Wildman–Crippen MR) is 95.5 cm³/mol. The Morgan fingerprint density at radius 3 is 2.44 bits per heavy atom. The summed E-state index contributed by atoms with van der Waals surface area (Å²) in [6.07, 6.45) is 1.95. The van der Waals surface area contributed by atoms with Crippen LogP contribution >= 0.6 is 0 Å². The van der Waals surface area contributed by atoms with Gasteiger partial charge in [0.2, 0.25) is 5.91 Å². The maximum Gasteiger partial charge on any atom is 0.289 e. The normalized spacial score (nSPS) is 15.2. The molecule has 1 aromatic carbocycles. The van der Waals surface area contributed by atoms with Crippen LogP contribution in [0.5, 0.6) is 0 Å². The number of furan rings is 1. The van der Waals surface area contributed by atoms with Crippen LogP contribution in [0.3, 0.4) is 0 Å². The molecule has 0 unspecified atom stereocenters. The van der Waals surface area contributed by atoms with Gasteiger partial charge in [0.15, 0.2) is 5.76 Å². The van der Waals surface area contributed by atoms with E-state index < -0.39 is 0 Å². The van der Waals surface area contributed by atoms with Gasteiger partial charge in [-0.3, -0.25) is 14.5 Å². The monoisotopic (exact) mass is 341 g/mol. The Morgan fingerprint density at radius 2 is 1.80 bits per heavy atom. The summed E-state index contributed by atoms with van der Waals surface area (Å²) in [5.41, 5.74) is 1.99. The fourth-order valence-corrected chi connectivity index (χ4v) is 2.85. The molecule has 0 bridgehead atoms. The number of aryl methyl sites for hydroxylation is 1. The fraction of sp³-hybridized carbons (Fsp3) is 0.368. The van der Waals surface area contributed by atoms with E-state index >= 15 is 0 Å². The van der Waals surface area contributed by atoms with Gasteiger partial charge < -0.3 is 14.6 Å². The second kappa shape index (κ2) is 7.98. The van der Waals surface area contributed by atoms with Crippen LogP contribution in [-0.4, -0.2) is 54.3 Å². The van der Waals surface area contributed by atoms with Crippen LogP contribution in [0.1, 0.15) is 22.5 Å². The van der Waals surface area contributed by atoms with Crippen LogP contribution in [-0.2, 0) is 4.79 Å². The molecule has 25 heavy (non-hydrogen) atoms. The Morgan fingerprint density at radius 1 is 1.08 bits per heavy atom. The molecule has 1 aliphatic rings. The molecule has 1 fully saturated rings. The van der Waals surface area contributed by atoms with Crippen molar-refractivity contribution in [2.45, 2.75) is 13.3 Å².